The summed E-state index contributed by atoms with van der Waals surface area (Å²) in [6, 6.07) is 8.35. The van der Waals surface area contributed by atoms with Gasteiger partial charge in [-0.2, -0.15) is 0 Å². The first kappa shape index (κ1) is 9.23. The maximum Gasteiger partial charge on any atom is 0.260 e. The van der Waals surface area contributed by atoms with Crippen molar-refractivity contribution in [3.63, 3.8) is 0 Å². The smallest absolute Gasteiger partial charge is 0.260 e. The molecule has 0 aliphatic carbocycles. The molecule has 1 aliphatic rings. The van der Waals surface area contributed by atoms with Gasteiger partial charge in [-0.25, -0.2) is 8.42 Å². The highest BCUT2D eigenvalue weighted by atomic mass is 32.2. The minimum Gasteiger partial charge on any atom is -0.313 e. The predicted octanol–water partition coefficient (Wildman–Crippen LogP) is 0.709. The van der Waals surface area contributed by atoms with Crippen molar-refractivity contribution in [1.29, 1.82) is 0 Å². The summed E-state index contributed by atoms with van der Waals surface area (Å²) < 4.78 is 24.9. The van der Waals surface area contributed by atoms with Gasteiger partial charge in [0, 0.05) is 6.20 Å². The number of rotatable bonds is 2. The number of hydrogen-bond donors (Lipinski definition) is 1. The fourth-order valence-corrected chi connectivity index (χ4v) is 2.46. The second-order valence-corrected chi connectivity index (χ2v) is 4.74. The average Bonchev–Trinajstić information content (AvgIpc) is 2.72. The molecule has 1 aromatic carbocycles. The number of nitrogens with zero attached hydrogens (tertiary/aromatic N) is 1. The van der Waals surface area contributed by atoms with Gasteiger partial charge in [0.2, 0.25) is 0 Å². The van der Waals surface area contributed by atoms with Crippen LogP contribution in [0.4, 0.5) is 0 Å². The molecule has 0 unspecified atom stereocenters. The van der Waals surface area contributed by atoms with Crippen LogP contribution in [0.3, 0.4) is 0 Å². The monoisotopic (exact) mass is 210 g/mol. The third-order valence-electron chi connectivity index (χ3n) is 1.94. The quantitative estimate of drug-likeness (QED) is 0.782. The van der Waals surface area contributed by atoms with E-state index in [0.29, 0.717) is 11.4 Å². The van der Waals surface area contributed by atoms with Crippen molar-refractivity contribution in [2.75, 3.05) is 6.54 Å². The molecule has 0 bridgehead atoms. The molecule has 0 spiro atoms. The summed E-state index contributed by atoms with van der Waals surface area (Å²) in [4.78, 5) is 0.302. The van der Waals surface area contributed by atoms with Crippen LogP contribution in [0.1, 0.15) is 0 Å². The van der Waals surface area contributed by atoms with Crippen LogP contribution >= 0.6 is 0 Å². The van der Waals surface area contributed by atoms with Crippen molar-refractivity contribution in [2.45, 2.75) is 4.90 Å². The molecule has 1 N–H and O–H groups in total. The highest BCUT2D eigenvalue weighted by Gasteiger charge is 2.24. The van der Waals surface area contributed by atoms with Gasteiger partial charge in [-0.3, -0.25) is 0 Å². The molecule has 5 heteroatoms. The van der Waals surface area contributed by atoms with Crippen molar-refractivity contribution >= 4 is 10.0 Å². The van der Waals surface area contributed by atoms with Gasteiger partial charge in [0.25, 0.3) is 10.0 Å². The Hall–Kier alpha value is -1.33. The lowest BCUT2D eigenvalue weighted by atomic mass is 10.4. The highest BCUT2D eigenvalue weighted by Crippen LogP contribution is 2.14. The summed E-state index contributed by atoms with van der Waals surface area (Å²) in [5.41, 5.74) is 2.66. The molecule has 0 radical (unpaired) electrons. The molecule has 4 nitrogen and oxygen atoms in total. The molecular weight excluding hydrogens is 200 g/mol. The number of benzene rings is 1. The van der Waals surface area contributed by atoms with Crippen LogP contribution in [-0.2, 0) is 10.0 Å². The van der Waals surface area contributed by atoms with E-state index in [1.54, 1.807) is 42.6 Å². The Balaban J connectivity index is 2.34. The molecule has 0 aromatic heterocycles. The second-order valence-electron chi connectivity index (χ2n) is 2.88. The van der Waals surface area contributed by atoms with Gasteiger partial charge in [-0.1, -0.05) is 24.3 Å². The zero-order valence-electron chi connectivity index (χ0n) is 7.42. The summed E-state index contributed by atoms with van der Waals surface area (Å²) >= 11 is 0. The van der Waals surface area contributed by atoms with Crippen molar-refractivity contribution in [2.24, 2.45) is 0 Å². The molecule has 0 amide bonds. The molecule has 1 heterocycles. The van der Waals surface area contributed by atoms with Gasteiger partial charge in [0.15, 0.2) is 0 Å². The lowest BCUT2D eigenvalue weighted by Crippen LogP contribution is -2.36. The predicted molar refractivity (Wildman–Crippen MR) is 52.6 cm³/mol. The molecule has 0 saturated heterocycles. The largest absolute Gasteiger partial charge is 0.313 e. The van der Waals surface area contributed by atoms with E-state index in [0.717, 1.165) is 0 Å². The lowest BCUT2D eigenvalue weighted by molar-refractivity contribution is 0.414. The van der Waals surface area contributed by atoms with Crippen LogP contribution in [0, 0.1) is 0 Å². The molecule has 0 fully saturated rings. The van der Waals surface area contributed by atoms with Gasteiger partial charge >= 0.3 is 0 Å². The average molecular weight is 210 g/mol. The van der Waals surface area contributed by atoms with Crippen LogP contribution in [0.2, 0.25) is 0 Å². The minimum atomic E-state index is -3.38. The van der Waals surface area contributed by atoms with Crippen LogP contribution in [-0.4, -0.2) is 19.4 Å². The third kappa shape index (κ3) is 1.51. The van der Waals surface area contributed by atoms with Crippen LogP contribution < -0.4 is 5.43 Å². The Bertz CT molecular complexity index is 431. The molecule has 1 aromatic rings. The number of nitrogens with one attached hydrogen (secondary N) is 1. The van der Waals surface area contributed by atoms with Crippen molar-refractivity contribution in [3.8, 4) is 0 Å². The Labute approximate surface area is 82.9 Å². The molecule has 2 rings (SSSR count). The SMILES string of the molecule is O=S(=O)(c1ccccc1)N1CC=CN1. The normalized spacial score (nSPS) is 16.9. The summed E-state index contributed by atoms with van der Waals surface area (Å²) in [5.74, 6) is 0. The fraction of sp³-hybridized carbons (Fsp3) is 0.111. The Morgan fingerprint density at radius 3 is 2.50 bits per heavy atom. The molecule has 0 saturated carbocycles. The number of hydrazine groups is 1. The van der Waals surface area contributed by atoms with E-state index in [-0.39, 0.29) is 0 Å². The van der Waals surface area contributed by atoms with E-state index in [9.17, 15) is 8.42 Å². The Morgan fingerprint density at radius 2 is 1.93 bits per heavy atom. The summed E-state index contributed by atoms with van der Waals surface area (Å²) in [6.07, 6.45) is 3.36. The Morgan fingerprint density at radius 1 is 1.21 bits per heavy atom. The zero-order chi connectivity index (χ0) is 10.0. The Kier molecular flexibility index (Phi) is 2.26. The lowest BCUT2D eigenvalue weighted by Gasteiger charge is -2.15. The van der Waals surface area contributed by atoms with E-state index < -0.39 is 10.0 Å². The number of sulfonamides is 1. The van der Waals surface area contributed by atoms with Crippen molar-refractivity contribution in [1.82, 2.24) is 9.84 Å². The molecule has 74 valence electrons. The van der Waals surface area contributed by atoms with E-state index in [2.05, 4.69) is 5.43 Å². The van der Waals surface area contributed by atoms with Gasteiger partial charge in [-0.15, -0.1) is 4.41 Å². The minimum absolute atomic E-state index is 0.302. The maximum atomic E-state index is 11.9. The van der Waals surface area contributed by atoms with Gasteiger partial charge < -0.3 is 5.43 Å². The third-order valence-corrected chi connectivity index (χ3v) is 3.64. The van der Waals surface area contributed by atoms with Crippen LogP contribution in [0.25, 0.3) is 0 Å². The number of hydrogen-bond acceptors (Lipinski definition) is 3. The summed E-state index contributed by atoms with van der Waals surface area (Å²) in [6.45, 7) is 0.372. The van der Waals surface area contributed by atoms with Crippen molar-refractivity contribution < 1.29 is 8.42 Å². The summed E-state index contributed by atoms with van der Waals surface area (Å²) in [5, 5.41) is 0. The molecule has 0 atom stereocenters. The van der Waals surface area contributed by atoms with E-state index in [1.165, 1.54) is 4.41 Å². The second kappa shape index (κ2) is 3.43. The van der Waals surface area contributed by atoms with Gasteiger partial charge in [0.05, 0.1) is 11.4 Å². The van der Waals surface area contributed by atoms with E-state index in [1.807, 2.05) is 0 Å². The zero-order valence-corrected chi connectivity index (χ0v) is 8.24. The standard InChI is InChI=1S/C9H10N2O2S/c12-14(13,11-8-4-7-10-11)9-5-2-1-3-6-9/h1-7,10H,8H2. The van der Waals surface area contributed by atoms with E-state index in [4.69, 9.17) is 0 Å². The molecular formula is C9H10N2O2S. The van der Waals surface area contributed by atoms with Gasteiger partial charge in [0.1, 0.15) is 0 Å². The van der Waals surface area contributed by atoms with Crippen molar-refractivity contribution in [3.05, 3.63) is 42.6 Å². The molecule has 1 aliphatic heterocycles. The highest BCUT2D eigenvalue weighted by molar-refractivity contribution is 7.89. The van der Waals surface area contributed by atoms with Gasteiger partial charge in [-0.05, 0) is 12.1 Å². The first-order chi connectivity index (χ1) is 6.71. The topological polar surface area (TPSA) is 49.4 Å². The fourth-order valence-electron chi connectivity index (χ4n) is 1.22. The maximum absolute atomic E-state index is 11.9. The summed E-state index contributed by atoms with van der Waals surface area (Å²) in [7, 11) is -3.38. The van der Waals surface area contributed by atoms with Crippen LogP contribution in [0.5, 0.6) is 0 Å². The van der Waals surface area contributed by atoms with Crippen LogP contribution in [0.15, 0.2) is 47.5 Å². The molecule has 14 heavy (non-hydrogen) atoms. The van der Waals surface area contributed by atoms with E-state index >= 15 is 0 Å². The first-order valence-corrected chi connectivity index (χ1v) is 5.64. The first-order valence-electron chi connectivity index (χ1n) is 4.20.